The van der Waals surface area contributed by atoms with Gasteiger partial charge in [0.25, 0.3) is 0 Å². The number of hydrogen-bond donors (Lipinski definition) is 3. The van der Waals surface area contributed by atoms with Crippen LogP contribution in [0.5, 0.6) is 0 Å². The summed E-state index contributed by atoms with van der Waals surface area (Å²) in [6, 6.07) is 10.5. The van der Waals surface area contributed by atoms with E-state index in [0.29, 0.717) is 13.1 Å². The Bertz CT molecular complexity index is 483. The fraction of sp³-hybridized carbons (Fsp3) is 0.529. The third-order valence-electron chi connectivity index (χ3n) is 3.67. The van der Waals surface area contributed by atoms with Crippen molar-refractivity contribution >= 4 is 11.9 Å². The predicted octanol–water partition coefficient (Wildman–Crippen LogP) is 1.31. The van der Waals surface area contributed by atoms with Crippen molar-refractivity contribution in [3.05, 3.63) is 35.9 Å². The first-order valence-electron chi connectivity index (χ1n) is 8.06. The third-order valence-corrected chi connectivity index (χ3v) is 3.67. The quantitative estimate of drug-likeness (QED) is 0.385. The number of benzene rings is 1. The van der Waals surface area contributed by atoms with E-state index >= 15 is 0 Å². The number of rotatable bonds is 8. The van der Waals surface area contributed by atoms with Crippen molar-refractivity contribution in [2.45, 2.75) is 25.7 Å². The minimum Gasteiger partial charge on any atom is -0.356 e. The Morgan fingerprint density at radius 3 is 2.45 bits per heavy atom. The minimum absolute atomic E-state index is 0.188. The van der Waals surface area contributed by atoms with Crippen LogP contribution >= 0.6 is 0 Å². The Kier molecular flexibility index (Phi) is 6.74. The van der Waals surface area contributed by atoms with Gasteiger partial charge >= 0.3 is 0 Å². The molecule has 0 spiro atoms. The number of aryl methyl sites for hydroxylation is 1. The zero-order chi connectivity index (χ0) is 15.6. The molecule has 1 aliphatic rings. The van der Waals surface area contributed by atoms with E-state index in [1.165, 1.54) is 5.56 Å². The highest BCUT2D eigenvalue weighted by molar-refractivity contribution is 5.81. The number of carbonyl (C=O) groups excluding carboxylic acids is 1. The molecule has 1 aliphatic carbocycles. The summed E-state index contributed by atoms with van der Waals surface area (Å²) in [4.78, 5) is 15.7. The molecular formula is C17H26N4O. The summed E-state index contributed by atoms with van der Waals surface area (Å²) in [5.74, 6) is 1.25. The van der Waals surface area contributed by atoms with Gasteiger partial charge < -0.3 is 16.0 Å². The van der Waals surface area contributed by atoms with Crippen molar-refractivity contribution in [3.8, 4) is 0 Å². The lowest BCUT2D eigenvalue weighted by molar-refractivity contribution is -0.122. The molecule has 0 aromatic heterocycles. The van der Waals surface area contributed by atoms with Crippen LogP contribution < -0.4 is 16.0 Å². The molecule has 0 heterocycles. The van der Waals surface area contributed by atoms with Gasteiger partial charge in [0, 0.05) is 32.6 Å². The maximum Gasteiger partial charge on any atom is 0.223 e. The van der Waals surface area contributed by atoms with E-state index < -0.39 is 0 Å². The molecule has 5 heteroatoms. The molecular weight excluding hydrogens is 276 g/mol. The van der Waals surface area contributed by atoms with Crippen molar-refractivity contribution in [1.29, 1.82) is 0 Å². The maximum atomic E-state index is 11.5. The zero-order valence-electron chi connectivity index (χ0n) is 13.3. The van der Waals surface area contributed by atoms with Crippen molar-refractivity contribution < 1.29 is 4.79 Å². The maximum absolute atomic E-state index is 11.5. The van der Waals surface area contributed by atoms with Crippen molar-refractivity contribution in [1.82, 2.24) is 16.0 Å². The van der Waals surface area contributed by atoms with E-state index in [9.17, 15) is 4.79 Å². The van der Waals surface area contributed by atoms with Crippen LogP contribution in [0, 0.1) is 5.92 Å². The number of aliphatic imine (C=N–C) groups is 1. The number of amides is 1. The second kappa shape index (κ2) is 9.07. The number of nitrogens with zero attached hydrogens (tertiary/aromatic N) is 1. The second-order valence-corrected chi connectivity index (χ2v) is 5.58. The lowest BCUT2D eigenvalue weighted by Gasteiger charge is -2.12. The van der Waals surface area contributed by atoms with Crippen LogP contribution in [-0.2, 0) is 11.2 Å². The summed E-state index contributed by atoms with van der Waals surface area (Å²) >= 11 is 0. The van der Waals surface area contributed by atoms with Crippen LogP contribution in [-0.4, -0.2) is 38.5 Å². The fourth-order valence-electron chi connectivity index (χ4n) is 2.22. The molecule has 5 nitrogen and oxygen atoms in total. The molecule has 1 aromatic carbocycles. The van der Waals surface area contributed by atoms with Gasteiger partial charge in [0.2, 0.25) is 5.91 Å². The van der Waals surface area contributed by atoms with Crippen LogP contribution in [0.2, 0.25) is 0 Å². The first-order chi connectivity index (χ1) is 10.8. The summed E-state index contributed by atoms with van der Waals surface area (Å²) in [7, 11) is 1.76. The summed E-state index contributed by atoms with van der Waals surface area (Å²) < 4.78 is 0. The van der Waals surface area contributed by atoms with E-state index in [-0.39, 0.29) is 11.8 Å². The molecule has 2 rings (SSSR count). The van der Waals surface area contributed by atoms with Crippen LogP contribution in [0.4, 0.5) is 0 Å². The molecule has 1 amide bonds. The van der Waals surface area contributed by atoms with E-state index in [0.717, 1.165) is 38.2 Å². The van der Waals surface area contributed by atoms with Crippen LogP contribution in [0.3, 0.4) is 0 Å². The average Bonchev–Trinajstić information content (AvgIpc) is 3.39. The van der Waals surface area contributed by atoms with Crippen LogP contribution in [0.25, 0.3) is 0 Å². The molecule has 1 saturated carbocycles. The van der Waals surface area contributed by atoms with Gasteiger partial charge in [-0.15, -0.1) is 0 Å². The summed E-state index contributed by atoms with van der Waals surface area (Å²) in [5.41, 5.74) is 1.36. The lowest BCUT2D eigenvalue weighted by atomic mass is 10.1. The normalized spacial score (nSPS) is 14.5. The lowest BCUT2D eigenvalue weighted by Crippen LogP contribution is -2.42. The molecule has 120 valence electrons. The highest BCUT2D eigenvalue weighted by Gasteiger charge is 2.28. The van der Waals surface area contributed by atoms with E-state index in [1.54, 1.807) is 7.05 Å². The first-order valence-corrected chi connectivity index (χ1v) is 8.06. The van der Waals surface area contributed by atoms with Crippen molar-refractivity contribution in [2.75, 3.05) is 26.7 Å². The van der Waals surface area contributed by atoms with Crippen molar-refractivity contribution in [3.63, 3.8) is 0 Å². The molecule has 0 aliphatic heterocycles. The number of hydrogen-bond acceptors (Lipinski definition) is 2. The average molecular weight is 302 g/mol. The predicted molar refractivity (Wildman–Crippen MR) is 89.9 cm³/mol. The molecule has 1 fully saturated rings. The first kappa shape index (κ1) is 16.3. The van der Waals surface area contributed by atoms with E-state index in [4.69, 9.17) is 0 Å². The molecule has 1 aromatic rings. The minimum atomic E-state index is 0.188. The molecule has 0 atom stereocenters. The molecule has 22 heavy (non-hydrogen) atoms. The molecule has 0 saturated heterocycles. The fourth-order valence-corrected chi connectivity index (χ4v) is 2.22. The molecule has 0 unspecified atom stereocenters. The molecule has 0 bridgehead atoms. The van der Waals surface area contributed by atoms with E-state index in [1.807, 2.05) is 6.07 Å². The SMILES string of the molecule is CN=C(NCCCc1ccccc1)NCCNC(=O)C1CC1. The largest absolute Gasteiger partial charge is 0.356 e. The van der Waals surface area contributed by atoms with Gasteiger partial charge in [0.1, 0.15) is 0 Å². The topological polar surface area (TPSA) is 65.5 Å². The molecule has 3 N–H and O–H groups in total. The summed E-state index contributed by atoms with van der Waals surface area (Å²) in [6.07, 6.45) is 4.21. The standard InChI is InChI=1S/C17H26N4O/c1-18-17(21-13-12-19-16(22)15-9-10-15)20-11-5-8-14-6-3-2-4-7-14/h2-4,6-7,15H,5,8-13H2,1H3,(H,19,22)(H2,18,20,21). The number of carbonyl (C=O) groups is 1. The van der Waals surface area contributed by atoms with Gasteiger partial charge in [0.05, 0.1) is 0 Å². The van der Waals surface area contributed by atoms with Gasteiger partial charge in [-0.1, -0.05) is 30.3 Å². The number of guanidine groups is 1. The molecule has 0 radical (unpaired) electrons. The highest BCUT2D eigenvalue weighted by Crippen LogP contribution is 2.28. The van der Waals surface area contributed by atoms with Gasteiger partial charge in [-0.2, -0.15) is 0 Å². The second-order valence-electron chi connectivity index (χ2n) is 5.58. The van der Waals surface area contributed by atoms with Gasteiger partial charge in [-0.05, 0) is 31.2 Å². The highest BCUT2D eigenvalue weighted by atomic mass is 16.2. The third kappa shape index (κ3) is 6.16. The van der Waals surface area contributed by atoms with Crippen LogP contribution in [0.1, 0.15) is 24.8 Å². The van der Waals surface area contributed by atoms with Crippen molar-refractivity contribution in [2.24, 2.45) is 10.9 Å². The van der Waals surface area contributed by atoms with E-state index in [2.05, 4.69) is 45.2 Å². The smallest absolute Gasteiger partial charge is 0.223 e. The Hall–Kier alpha value is -2.04. The summed E-state index contributed by atoms with van der Waals surface area (Å²) in [6.45, 7) is 2.21. The Morgan fingerprint density at radius 2 is 1.77 bits per heavy atom. The Morgan fingerprint density at radius 1 is 1.09 bits per heavy atom. The zero-order valence-corrected chi connectivity index (χ0v) is 13.3. The Balaban J connectivity index is 1.52. The Labute approximate surface area is 132 Å². The monoisotopic (exact) mass is 302 g/mol. The number of nitrogens with one attached hydrogen (secondary N) is 3. The summed E-state index contributed by atoms with van der Waals surface area (Å²) in [5, 5.41) is 9.42. The van der Waals surface area contributed by atoms with Gasteiger partial charge in [0.15, 0.2) is 5.96 Å². The van der Waals surface area contributed by atoms with Gasteiger partial charge in [-0.25, -0.2) is 0 Å². The van der Waals surface area contributed by atoms with Gasteiger partial charge in [-0.3, -0.25) is 9.79 Å². The van der Waals surface area contributed by atoms with Crippen LogP contribution in [0.15, 0.2) is 35.3 Å².